The molecule has 0 saturated carbocycles. The number of halogens is 1. The number of thioether (sulfide) groups is 1. The van der Waals surface area contributed by atoms with Crippen molar-refractivity contribution in [2.75, 3.05) is 11.1 Å². The lowest BCUT2D eigenvalue weighted by molar-refractivity contribution is -0.113. The van der Waals surface area contributed by atoms with E-state index < -0.39 is 0 Å². The van der Waals surface area contributed by atoms with Gasteiger partial charge in [0.2, 0.25) is 5.91 Å². The maximum absolute atomic E-state index is 13.2. The van der Waals surface area contributed by atoms with Crippen molar-refractivity contribution in [2.45, 2.75) is 18.6 Å². The number of fused-ring (bicyclic) bond motifs is 1. The maximum atomic E-state index is 13.2. The lowest BCUT2D eigenvalue weighted by atomic mass is 10.2. The zero-order valence-corrected chi connectivity index (χ0v) is 17.8. The summed E-state index contributed by atoms with van der Waals surface area (Å²) in [5, 5.41) is 12.4. The lowest BCUT2D eigenvalue weighted by Crippen LogP contribution is -2.14. The molecule has 0 bridgehead atoms. The molecule has 4 aromatic rings. The summed E-state index contributed by atoms with van der Waals surface area (Å²) in [7, 11) is 0. The van der Waals surface area contributed by atoms with Crippen LogP contribution in [-0.4, -0.2) is 31.4 Å². The fraction of sp³-hybridized carbons (Fsp3) is 0.143. The highest BCUT2D eigenvalue weighted by Gasteiger charge is 2.16. The molecular formula is C21H18FN5OS2. The summed E-state index contributed by atoms with van der Waals surface area (Å²) in [6.45, 7) is 6.24. The lowest BCUT2D eigenvalue weighted by Gasteiger charge is -2.07. The highest BCUT2D eigenvalue weighted by atomic mass is 32.2. The Morgan fingerprint density at radius 1 is 1.27 bits per heavy atom. The second-order valence-corrected chi connectivity index (χ2v) is 8.46. The molecule has 0 saturated heterocycles. The minimum Gasteiger partial charge on any atom is -0.301 e. The molecule has 0 fully saturated rings. The van der Waals surface area contributed by atoms with Crippen molar-refractivity contribution in [1.29, 1.82) is 0 Å². The van der Waals surface area contributed by atoms with Gasteiger partial charge in [-0.1, -0.05) is 41.3 Å². The third-order valence-corrected chi connectivity index (χ3v) is 6.23. The van der Waals surface area contributed by atoms with Crippen molar-refractivity contribution in [3.05, 3.63) is 66.5 Å². The Labute approximate surface area is 180 Å². The number of anilines is 1. The smallest absolute Gasteiger partial charge is 0.236 e. The van der Waals surface area contributed by atoms with Gasteiger partial charge in [0.15, 0.2) is 16.1 Å². The standard InChI is InChI=1S/C21H18FN5OS2/c1-3-11-27-19(14-7-9-15(22)10-8-14)25-26-21(27)29-12-17(28)23-20-24-18-13(2)5-4-6-16(18)30-20/h3-10H,1,11-12H2,2H3,(H,23,24,28). The van der Waals surface area contributed by atoms with Gasteiger partial charge in [-0.3, -0.25) is 9.36 Å². The van der Waals surface area contributed by atoms with Crippen LogP contribution in [0.3, 0.4) is 0 Å². The van der Waals surface area contributed by atoms with Gasteiger partial charge < -0.3 is 5.32 Å². The molecule has 4 rings (SSSR count). The van der Waals surface area contributed by atoms with E-state index in [-0.39, 0.29) is 17.5 Å². The van der Waals surface area contributed by atoms with Crippen LogP contribution in [0, 0.1) is 12.7 Å². The van der Waals surface area contributed by atoms with Gasteiger partial charge in [-0.25, -0.2) is 9.37 Å². The normalized spacial score (nSPS) is 11.0. The van der Waals surface area contributed by atoms with Gasteiger partial charge in [0.25, 0.3) is 0 Å². The fourth-order valence-corrected chi connectivity index (χ4v) is 4.63. The van der Waals surface area contributed by atoms with E-state index in [0.717, 1.165) is 21.3 Å². The van der Waals surface area contributed by atoms with Crippen molar-refractivity contribution >= 4 is 44.4 Å². The number of carbonyl (C=O) groups is 1. The predicted octanol–water partition coefficient (Wildman–Crippen LogP) is 4.92. The van der Waals surface area contributed by atoms with Gasteiger partial charge in [0.1, 0.15) is 5.82 Å². The van der Waals surface area contributed by atoms with Crippen LogP contribution in [0.15, 0.2) is 60.3 Å². The van der Waals surface area contributed by atoms with Crippen molar-refractivity contribution < 1.29 is 9.18 Å². The number of allylic oxidation sites excluding steroid dienone is 1. The van der Waals surface area contributed by atoms with Gasteiger partial charge in [-0.15, -0.1) is 16.8 Å². The van der Waals surface area contributed by atoms with E-state index in [2.05, 4.69) is 27.1 Å². The summed E-state index contributed by atoms with van der Waals surface area (Å²) >= 11 is 2.72. The van der Waals surface area contributed by atoms with E-state index in [1.54, 1.807) is 18.2 Å². The molecule has 9 heteroatoms. The number of aryl methyl sites for hydroxylation is 1. The van der Waals surface area contributed by atoms with Crippen molar-refractivity contribution in [1.82, 2.24) is 19.7 Å². The Hall–Kier alpha value is -3.04. The third kappa shape index (κ3) is 4.27. The van der Waals surface area contributed by atoms with Gasteiger partial charge in [0.05, 0.1) is 16.0 Å². The van der Waals surface area contributed by atoms with Gasteiger partial charge >= 0.3 is 0 Å². The van der Waals surface area contributed by atoms with E-state index in [0.29, 0.717) is 22.7 Å². The summed E-state index contributed by atoms with van der Waals surface area (Å²) in [4.78, 5) is 17.0. The topological polar surface area (TPSA) is 72.7 Å². The minimum absolute atomic E-state index is 0.160. The van der Waals surface area contributed by atoms with Gasteiger partial charge in [-0.05, 0) is 42.8 Å². The third-order valence-electron chi connectivity index (χ3n) is 4.33. The second-order valence-electron chi connectivity index (χ2n) is 6.49. The molecule has 0 aliphatic heterocycles. The number of aromatic nitrogens is 4. The average molecular weight is 440 g/mol. The van der Waals surface area contributed by atoms with Gasteiger partial charge in [0, 0.05) is 12.1 Å². The Morgan fingerprint density at radius 3 is 2.80 bits per heavy atom. The van der Waals surface area contributed by atoms with Crippen molar-refractivity contribution in [3.63, 3.8) is 0 Å². The SMILES string of the molecule is C=CCn1c(SCC(=O)Nc2nc3c(C)cccc3s2)nnc1-c1ccc(F)cc1. The Morgan fingerprint density at radius 2 is 2.07 bits per heavy atom. The zero-order valence-electron chi connectivity index (χ0n) is 16.1. The number of thiazole rings is 1. The number of para-hydroxylation sites is 1. The maximum Gasteiger partial charge on any atom is 0.236 e. The molecule has 2 aromatic carbocycles. The molecule has 0 aliphatic rings. The number of amides is 1. The van der Waals surface area contributed by atoms with Crippen molar-refractivity contribution in [3.8, 4) is 11.4 Å². The summed E-state index contributed by atoms with van der Waals surface area (Å²) in [5.41, 5.74) is 2.72. The van der Waals surface area contributed by atoms with Crippen LogP contribution in [0.25, 0.3) is 21.6 Å². The first-order valence-corrected chi connectivity index (χ1v) is 10.9. The average Bonchev–Trinajstić information content (AvgIpc) is 3.32. The first-order chi connectivity index (χ1) is 14.5. The molecule has 1 N–H and O–H groups in total. The number of hydrogen-bond donors (Lipinski definition) is 1. The molecule has 2 heterocycles. The summed E-state index contributed by atoms with van der Waals surface area (Å²) < 4.78 is 16.1. The summed E-state index contributed by atoms with van der Waals surface area (Å²) in [6.07, 6.45) is 1.73. The predicted molar refractivity (Wildman–Crippen MR) is 119 cm³/mol. The Balaban J connectivity index is 1.47. The Bertz CT molecular complexity index is 1220. The van der Waals surface area contributed by atoms with Crippen molar-refractivity contribution in [2.24, 2.45) is 0 Å². The molecule has 1 amide bonds. The quantitative estimate of drug-likeness (QED) is 0.327. The minimum atomic E-state index is -0.315. The fourth-order valence-electron chi connectivity index (χ4n) is 2.93. The highest BCUT2D eigenvalue weighted by Crippen LogP contribution is 2.28. The molecule has 2 aromatic heterocycles. The van der Waals surface area contributed by atoms with Crippen LogP contribution in [0.5, 0.6) is 0 Å². The first-order valence-electron chi connectivity index (χ1n) is 9.14. The summed E-state index contributed by atoms with van der Waals surface area (Å²) in [6, 6.07) is 12.0. The molecule has 0 aliphatic carbocycles. The van der Waals surface area contributed by atoms with Crippen LogP contribution < -0.4 is 5.32 Å². The first kappa shape index (κ1) is 20.2. The van der Waals surface area contributed by atoms with E-state index >= 15 is 0 Å². The molecule has 0 unspecified atom stereocenters. The largest absolute Gasteiger partial charge is 0.301 e. The molecule has 6 nitrogen and oxygen atoms in total. The number of nitrogens with one attached hydrogen (secondary N) is 1. The number of benzene rings is 2. The monoisotopic (exact) mass is 439 g/mol. The molecule has 30 heavy (non-hydrogen) atoms. The highest BCUT2D eigenvalue weighted by molar-refractivity contribution is 7.99. The Kier molecular flexibility index (Phi) is 5.91. The molecule has 152 valence electrons. The van der Waals surface area contributed by atoms with E-state index in [1.165, 1.54) is 35.2 Å². The molecule has 0 spiro atoms. The van der Waals surface area contributed by atoms with Crippen LogP contribution in [0.2, 0.25) is 0 Å². The second kappa shape index (κ2) is 8.76. The number of nitrogens with zero attached hydrogens (tertiary/aromatic N) is 4. The molecule has 0 radical (unpaired) electrons. The van der Waals surface area contributed by atoms with Crippen LogP contribution >= 0.6 is 23.1 Å². The van der Waals surface area contributed by atoms with E-state index in [4.69, 9.17) is 0 Å². The van der Waals surface area contributed by atoms with E-state index in [9.17, 15) is 9.18 Å². The molecule has 0 atom stereocenters. The molecular weight excluding hydrogens is 421 g/mol. The summed E-state index contributed by atoms with van der Waals surface area (Å²) in [5.74, 6) is 0.269. The van der Waals surface area contributed by atoms with Gasteiger partial charge in [-0.2, -0.15) is 0 Å². The van der Waals surface area contributed by atoms with Crippen LogP contribution in [0.1, 0.15) is 5.56 Å². The van der Waals surface area contributed by atoms with Crippen LogP contribution in [-0.2, 0) is 11.3 Å². The van der Waals surface area contributed by atoms with E-state index in [1.807, 2.05) is 29.7 Å². The van der Waals surface area contributed by atoms with Crippen LogP contribution in [0.4, 0.5) is 9.52 Å². The number of carbonyl (C=O) groups excluding carboxylic acids is 1. The number of rotatable bonds is 7. The number of hydrogen-bond acceptors (Lipinski definition) is 6. The zero-order chi connectivity index (χ0) is 21.1.